The summed E-state index contributed by atoms with van der Waals surface area (Å²) in [6.07, 6.45) is 8.94. The van der Waals surface area contributed by atoms with Crippen molar-refractivity contribution in [2.45, 2.75) is 82.3 Å². The predicted molar refractivity (Wildman–Crippen MR) is 218 cm³/mol. The van der Waals surface area contributed by atoms with E-state index in [0.29, 0.717) is 40.9 Å². The fourth-order valence-corrected chi connectivity index (χ4v) is 9.94. The smallest absolute Gasteiger partial charge is 0.262 e. The first-order valence-corrected chi connectivity index (χ1v) is 21.0. The first-order valence-electron chi connectivity index (χ1n) is 21.0. The van der Waals surface area contributed by atoms with Crippen LogP contribution in [0, 0.1) is 5.92 Å². The van der Waals surface area contributed by atoms with E-state index in [1.54, 1.807) is 12.1 Å². The number of imide groups is 2. The van der Waals surface area contributed by atoms with E-state index in [4.69, 9.17) is 10.7 Å². The second-order valence-electron chi connectivity index (χ2n) is 16.8. The molecule has 7 heterocycles. The number of nitrogens with one attached hydrogen (secondary N) is 2. The van der Waals surface area contributed by atoms with Crippen molar-refractivity contribution in [2.24, 2.45) is 11.7 Å². The number of nitrogens with two attached hydrogens (primary N) is 1. The average molecular weight is 789 g/mol. The van der Waals surface area contributed by atoms with Crippen molar-refractivity contribution in [2.75, 3.05) is 67.5 Å². The number of anilines is 4. The Labute approximate surface area is 338 Å². The summed E-state index contributed by atoms with van der Waals surface area (Å²) in [4.78, 5) is 82.9. The van der Waals surface area contributed by atoms with Gasteiger partial charge in [0.2, 0.25) is 17.7 Å². The Hall–Kier alpha value is -5.41. The van der Waals surface area contributed by atoms with Gasteiger partial charge < -0.3 is 30.7 Å². The fourth-order valence-electron chi connectivity index (χ4n) is 9.94. The van der Waals surface area contributed by atoms with Gasteiger partial charge in [-0.05, 0) is 106 Å². The number of hydrogen-bond acceptors (Lipinski definition) is 12. The zero-order valence-electron chi connectivity index (χ0n) is 32.9. The Morgan fingerprint density at radius 1 is 0.793 bits per heavy atom. The molecule has 6 aliphatic heterocycles. The molecule has 15 nitrogen and oxygen atoms in total. The third-order valence-electron chi connectivity index (χ3n) is 13.1. The van der Waals surface area contributed by atoms with Crippen LogP contribution in [0.2, 0.25) is 0 Å². The number of likely N-dealkylation sites (tertiary alicyclic amines) is 2. The van der Waals surface area contributed by atoms with Crippen LogP contribution in [0.4, 0.5) is 23.0 Å². The number of fused-ring (bicyclic) bond motifs is 1. The molecule has 5 fully saturated rings. The highest BCUT2D eigenvalue weighted by Crippen LogP contribution is 2.35. The highest BCUT2D eigenvalue weighted by Gasteiger charge is 2.45. The molecule has 15 heteroatoms. The normalized spacial score (nSPS) is 24.6. The number of carbonyl (C=O) groups excluding carboxylic acids is 5. The Morgan fingerprint density at radius 2 is 1.60 bits per heavy atom. The van der Waals surface area contributed by atoms with Gasteiger partial charge in [0.15, 0.2) is 5.82 Å². The van der Waals surface area contributed by atoms with Gasteiger partial charge in [-0.2, -0.15) is 0 Å². The van der Waals surface area contributed by atoms with Crippen LogP contribution in [-0.4, -0.2) is 119 Å². The summed E-state index contributed by atoms with van der Waals surface area (Å²) in [6.45, 7) is 7.65. The minimum Gasteiger partial charge on any atom is -0.371 e. The van der Waals surface area contributed by atoms with Crippen LogP contribution < -0.4 is 26.2 Å². The molecule has 0 saturated carbocycles. The Bertz CT molecular complexity index is 2100. The summed E-state index contributed by atoms with van der Waals surface area (Å²) in [5, 5.41) is 5.74. The zero-order chi connectivity index (χ0) is 39.9. The third-order valence-corrected chi connectivity index (χ3v) is 13.1. The van der Waals surface area contributed by atoms with Crippen LogP contribution >= 0.6 is 0 Å². The van der Waals surface area contributed by atoms with Crippen LogP contribution in [0.3, 0.4) is 0 Å². The van der Waals surface area contributed by atoms with Gasteiger partial charge in [0.25, 0.3) is 11.8 Å². The van der Waals surface area contributed by atoms with E-state index in [1.165, 1.54) is 5.56 Å². The summed E-state index contributed by atoms with van der Waals surface area (Å²) in [6, 6.07) is 13.3. The second kappa shape index (κ2) is 16.1. The van der Waals surface area contributed by atoms with Crippen molar-refractivity contribution in [3.63, 3.8) is 0 Å². The molecule has 6 aliphatic rings. The maximum Gasteiger partial charge on any atom is 0.262 e. The SMILES string of the molecule is NCc1ncc(N2CCCC(N3CCCC3=O)C2)nc1Nc1ccc(C2CCN(C[C@@H]3CCN(c4ccc5c(c4)C(=O)N(C4CCC(=O)NC4=O)C5=O)C3)CC2)cc1. The molecule has 304 valence electrons. The maximum atomic E-state index is 13.4. The van der Waals surface area contributed by atoms with Crippen molar-refractivity contribution >= 4 is 52.5 Å². The van der Waals surface area contributed by atoms with E-state index in [0.717, 1.165) is 113 Å². The number of amides is 5. The molecule has 0 bridgehead atoms. The molecule has 0 spiro atoms. The summed E-state index contributed by atoms with van der Waals surface area (Å²) in [5.74, 6) is 0.804. The number of aromatic nitrogens is 2. The minimum atomic E-state index is -0.965. The number of piperidine rings is 3. The monoisotopic (exact) mass is 788 g/mol. The Morgan fingerprint density at radius 3 is 2.36 bits per heavy atom. The first-order chi connectivity index (χ1) is 28.2. The Balaban J connectivity index is 0.763. The third kappa shape index (κ3) is 7.52. The quantitative estimate of drug-likeness (QED) is 0.256. The van der Waals surface area contributed by atoms with Gasteiger partial charge in [-0.3, -0.25) is 39.2 Å². The maximum absolute atomic E-state index is 13.4. The lowest BCUT2D eigenvalue weighted by Gasteiger charge is -2.38. The zero-order valence-corrected chi connectivity index (χ0v) is 32.9. The molecule has 0 aliphatic carbocycles. The topological polar surface area (TPSA) is 177 Å². The fraction of sp³-hybridized carbons (Fsp3) is 0.512. The molecule has 5 saturated heterocycles. The summed E-state index contributed by atoms with van der Waals surface area (Å²) < 4.78 is 0. The van der Waals surface area contributed by atoms with Crippen LogP contribution in [-0.2, 0) is 20.9 Å². The predicted octanol–water partition coefficient (Wildman–Crippen LogP) is 3.38. The van der Waals surface area contributed by atoms with Crippen LogP contribution in [0.15, 0.2) is 48.7 Å². The minimum absolute atomic E-state index is 0.0991. The molecule has 5 amide bonds. The molecule has 58 heavy (non-hydrogen) atoms. The van der Waals surface area contributed by atoms with E-state index in [2.05, 4.69) is 59.5 Å². The molecule has 2 aromatic carbocycles. The second-order valence-corrected chi connectivity index (χ2v) is 16.8. The van der Waals surface area contributed by atoms with E-state index in [9.17, 15) is 24.0 Å². The summed E-state index contributed by atoms with van der Waals surface area (Å²) >= 11 is 0. The summed E-state index contributed by atoms with van der Waals surface area (Å²) in [7, 11) is 0. The van der Waals surface area contributed by atoms with Crippen molar-refractivity contribution in [3.8, 4) is 0 Å². The highest BCUT2D eigenvalue weighted by molar-refractivity contribution is 6.23. The van der Waals surface area contributed by atoms with Crippen molar-refractivity contribution in [1.29, 1.82) is 0 Å². The molecule has 0 radical (unpaired) electrons. The molecule has 4 N–H and O–H groups in total. The molecule has 1 aromatic heterocycles. The summed E-state index contributed by atoms with van der Waals surface area (Å²) in [5.41, 5.74) is 10.6. The van der Waals surface area contributed by atoms with Crippen LogP contribution in [0.5, 0.6) is 0 Å². The van der Waals surface area contributed by atoms with E-state index in [-0.39, 0.29) is 37.2 Å². The van der Waals surface area contributed by atoms with Gasteiger partial charge in [-0.25, -0.2) is 4.98 Å². The van der Waals surface area contributed by atoms with Crippen molar-refractivity contribution in [1.82, 2.24) is 30.0 Å². The van der Waals surface area contributed by atoms with Gasteiger partial charge in [-0.15, -0.1) is 0 Å². The van der Waals surface area contributed by atoms with Crippen LogP contribution in [0.25, 0.3) is 0 Å². The first kappa shape index (κ1) is 38.1. The molecular formula is C43H52N10O5. The van der Waals surface area contributed by atoms with Gasteiger partial charge in [0.1, 0.15) is 11.9 Å². The van der Waals surface area contributed by atoms with E-state index < -0.39 is 23.8 Å². The van der Waals surface area contributed by atoms with Crippen molar-refractivity contribution < 1.29 is 24.0 Å². The van der Waals surface area contributed by atoms with E-state index >= 15 is 0 Å². The van der Waals surface area contributed by atoms with E-state index in [1.807, 2.05) is 12.3 Å². The van der Waals surface area contributed by atoms with Gasteiger partial charge >= 0.3 is 0 Å². The number of carbonyl (C=O) groups is 5. The lowest BCUT2D eigenvalue weighted by atomic mass is 9.89. The highest BCUT2D eigenvalue weighted by atomic mass is 16.2. The Kier molecular flexibility index (Phi) is 10.6. The molecule has 3 aromatic rings. The number of nitrogens with zero attached hydrogens (tertiary/aromatic N) is 7. The lowest BCUT2D eigenvalue weighted by molar-refractivity contribution is -0.136. The standard InChI is InChI=1S/C43H52N10O5/c44-22-35-40(47-37(23-45-35)51-16-1-3-32(26-51)52-17-2-4-39(52)55)46-30-7-5-28(6-8-30)29-14-18-49(19-15-29)24-27-13-20-50(25-27)31-9-10-33-34(21-31)43(58)53(42(33)57)36-11-12-38(54)48-41(36)56/h5-10,21,23,27,29,32,36H,1-4,11-20,22,24-26,44H2,(H,46,47)(H,48,54,56)/t27-,32?,36?/m0/s1. The largest absolute Gasteiger partial charge is 0.371 e. The number of rotatable bonds is 10. The van der Waals surface area contributed by atoms with Gasteiger partial charge in [-0.1, -0.05) is 12.1 Å². The number of benzene rings is 2. The van der Waals surface area contributed by atoms with Crippen LogP contribution in [0.1, 0.15) is 95.7 Å². The van der Waals surface area contributed by atoms with Gasteiger partial charge in [0.05, 0.1) is 23.0 Å². The molecule has 2 unspecified atom stereocenters. The van der Waals surface area contributed by atoms with Crippen molar-refractivity contribution in [3.05, 3.63) is 71.0 Å². The molecule has 3 atom stereocenters. The average Bonchev–Trinajstić information content (AvgIpc) is 3.96. The lowest BCUT2D eigenvalue weighted by Crippen LogP contribution is -2.54. The number of hydrogen-bond donors (Lipinski definition) is 3. The van der Waals surface area contributed by atoms with Gasteiger partial charge in [0, 0.05) is 76.1 Å². The molecule has 9 rings (SSSR count). The molecular weight excluding hydrogens is 737 g/mol.